The molecule has 2 heteroatoms. The Labute approximate surface area is 273 Å². The lowest BCUT2D eigenvalue weighted by Crippen LogP contribution is -2.15. The first-order valence-electron chi connectivity index (χ1n) is 16.5. The minimum absolute atomic E-state index is 0.158. The first-order valence-corrected chi connectivity index (χ1v) is 16.5. The first kappa shape index (κ1) is 26.4. The fraction of sp³-hybridized carbons (Fsp3) is 0.0667. The van der Waals surface area contributed by atoms with Crippen LogP contribution in [0.2, 0.25) is 0 Å². The molecule has 0 N–H and O–H groups in total. The quantitative estimate of drug-likeness (QED) is 0.191. The van der Waals surface area contributed by atoms with Gasteiger partial charge >= 0.3 is 0 Å². The Balaban J connectivity index is 1.20. The third kappa shape index (κ3) is 3.61. The van der Waals surface area contributed by atoms with Crippen LogP contribution in [0.15, 0.2) is 158 Å². The fourth-order valence-corrected chi connectivity index (χ4v) is 8.33. The molecule has 0 atom stereocenters. The van der Waals surface area contributed by atoms with E-state index in [0.717, 1.165) is 0 Å². The number of aromatic nitrogens is 2. The van der Waals surface area contributed by atoms with Crippen molar-refractivity contribution < 1.29 is 0 Å². The van der Waals surface area contributed by atoms with E-state index >= 15 is 0 Å². The van der Waals surface area contributed by atoms with Crippen molar-refractivity contribution in [3.8, 4) is 33.6 Å². The highest BCUT2D eigenvalue weighted by molar-refractivity contribution is 6.11. The van der Waals surface area contributed by atoms with Gasteiger partial charge in [-0.15, -0.1) is 0 Å². The Bertz CT molecular complexity index is 2650. The van der Waals surface area contributed by atoms with Gasteiger partial charge in [-0.25, -0.2) is 0 Å². The Morgan fingerprint density at radius 2 is 1.00 bits per heavy atom. The predicted molar refractivity (Wildman–Crippen MR) is 198 cm³/mol. The van der Waals surface area contributed by atoms with E-state index < -0.39 is 0 Å². The molecule has 0 spiro atoms. The van der Waals surface area contributed by atoms with Gasteiger partial charge in [-0.1, -0.05) is 123 Å². The minimum atomic E-state index is -0.158. The molecule has 0 bridgehead atoms. The van der Waals surface area contributed by atoms with Crippen LogP contribution >= 0.6 is 0 Å². The molecule has 2 heterocycles. The van der Waals surface area contributed by atoms with Gasteiger partial charge in [0.05, 0.1) is 27.8 Å². The molecule has 1 aliphatic carbocycles. The monoisotopic (exact) mass is 600 g/mol. The zero-order valence-electron chi connectivity index (χ0n) is 26.4. The van der Waals surface area contributed by atoms with Gasteiger partial charge in [-0.2, -0.15) is 0 Å². The zero-order valence-corrected chi connectivity index (χ0v) is 26.4. The van der Waals surface area contributed by atoms with Crippen LogP contribution in [0, 0.1) is 0 Å². The number of para-hydroxylation sites is 3. The third-order valence-electron chi connectivity index (χ3n) is 10.5. The molecule has 9 aromatic rings. The first-order chi connectivity index (χ1) is 23.1. The lowest BCUT2D eigenvalue weighted by atomic mass is 9.82. The second-order valence-corrected chi connectivity index (χ2v) is 13.4. The van der Waals surface area contributed by atoms with E-state index in [4.69, 9.17) is 0 Å². The van der Waals surface area contributed by atoms with Crippen LogP contribution in [0.1, 0.15) is 25.0 Å². The molecule has 7 aromatic carbocycles. The van der Waals surface area contributed by atoms with E-state index in [9.17, 15) is 0 Å². The Hall–Kier alpha value is -5.86. The highest BCUT2D eigenvalue weighted by Crippen LogP contribution is 2.52. The van der Waals surface area contributed by atoms with Crippen LogP contribution in [0.3, 0.4) is 0 Å². The fourth-order valence-electron chi connectivity index (χ4n) is 8.33. The number of rotatable bonds is 3. The maximum absolute atomic E-state index is 2.47. The Morgan fingerprint density at radius 1 is 0.404 bits per heavy atom. The largest absolute Gasteiger partial charge is 0.309 e. The topological polar surface area (TPSA) is 9.86 Å². The summed E-state index contributed by atoms with van der Waals surface area (Å²) in [7, 11) is 0. The molecule has 10 rings (SSSR count). The smallest absolute Gasteiger partial charge is 0.0543 e. The van der Waals surface area contributed by atoms with Crippen molar-refractivity contribution >= 4 is 43.6 Å². The van der Waals surface area contributed by atoms with Crippen LogP contribution in [0.25, 0.3) is 77.2 Å². The van der Waals surface area contributed by atoms with Crippen LogP contribution in [0.5, 0.6) is 0 Å². The lowest BCUT2D eigenvalue weighted by molar-refractivity contribution is 0.659. The number of fused-ring (bicyclic) bond motifs is 9. The van der Waals surface area contributed by atoms with Gasteiger partial charge in [-0.3, -0.25) is 0 Å². The molecule has 2 aromatic heterocycles. The average molecular weight is 601 g/mol. The molecular weight excluding hydrogens is 569 g/mol. The van der Waals surface area contributed by atoms with E-state index in [1.807, 2.05) is 0 Å². The number of benzene rings is 7. The zero-order chi connectivity index (χ0) is 31.3. The van der Waals surface area contributed by atoms with Crippen LogP contribution < -0.4 is 0 Å². The van der Waals surface area contributed by atoms with Gasteiger partial charge in [0.25, 0.3) is 0 Å². The predicted octanol–water partition coefficient (Wildman–Crippen LogP) is 11.9. The van der Waals surface area contributed by atoms with Crippen molar-refractivity contribution in [2.24, 2.45) is 0 Å². The van der Waals surface area contributed by atoms with Gasteiger partial charge in [0.2, 0.25) is 0 Å². The molecule has 222 valence electrons. The summed E-state index contributed by atoms with van der Waals surface area (Å²) >= 11 is 0. The molecule has 0 fully saturated rings. The van der Waals surface area contributed by atoms with Crippen molar-refractivity contribution in [2.45, 2.75) is 19.3 Å². The molecule has 47 heavy (non-hydrogen) atoms. The van der Waals surface area contributed by atoms with Gasteiger partial charge in [0.1, 0.15) is 0 Å². The lowest BCUT2D eigenvalue weighted by Gasteiger charge is -2.22. The van der Waals surface area contributed by atoms with Crippen molar-refractivity contribution in [3.05, 3.63) is 169 Å². The summed E-state index contributed by atoms with van der Waals surface area (Å²) in [5.41, 5.74) is 15.1. The molecule has 2 nitrogen and oxygen atoms in total. The summed E-state index contributed by atoms with van der Waals surface area (Å²) < 4.78 is 4.92. The molecule has 0 saturated heterocycles. The van der Waals surface area contributed by atoms with E-state index in [1.54, 1.807) is 0 Å². The van der Waals surface area contributed by atoms with E-state index in [2.05, 4.69) is 181 Å². The molecular formula is C45H32N2. The maximum atomic E-state index is 2.47. The van der Waals surface area contributed by atoms with Gasteiger partial charge < -0.3 is 9.13 Å². The number of hydrogen-bond acceptors (Lipinski definition) is 0. The summed E-state index contributed by atoms with van der Waals surface area (Å²) in [6.07, 6.45) is 0. The van der Waals surface area contributed by atoms with E-state index in [0.29, 0.717) is 0 Å². The second kappa shape index (κ2) is 9.57. The highest BCUT2D eigenvalue weighted by atomic mass is 15.0. The molecule has 0 unspecified atom stereocenters. The van der Waals surface area contributed by atoms with Crippen molar-refractivity contribution in [1.29, 1.82) is 0 Å². The average Bonchev–Trinajstić information content (AvgIpc) is 3.72. The summed E-state index contributed by atoms with van der Waals surface area (Å²) in [5.74, 6) is 0. The summed E-state index contributed by atoms with van der Waals surface area (Å²) in [5, 5.41) is 5.13. The van der Waals surface area contributed by atoms with Crippen molar-refractivity contribution in [2.75, 3.05) is 0 Å². The number of hydrogen-bond donors (Lipinski definition) is 0. The Morgan fingerprint density at radius 3 is 1.70 bits per heavy atom. The van der Waals surface area contributed by atoms with Crippen molar-refractivity contribution in [3.63, 3.8) is 0 Å². The van der Waals surface area contributed by atoms with Crippen molar-refractivity contribution in [1.82, 2.24) is 9.13 Å². The highest BCUT2D eigenvalue weighted by Gasteiger charge is 2.38. The third-order valence-corrected chi connectivity index (χ3v) is 10.5. The maximum Gasteiger partial charge on any atom is 0.0543 e. The van der Waals surface area contributed by atoms with Crippen LogP contribution in [-0.2, 0) is 5.41 Å². The summed E-state index contributed by atoms with van der Waals surface area (Å²) in [6, 6.07) is 58.0. The van der Waals surface area contributed by atoms with Gasteiger partial charge in [0, 0.05) is 38.2 Å². The molecule has 0 amide bonds. The normalized spacial score (nSPS) is 13.5. The summed E-state index contributed by atoms with van der Waals surface area (Å²) in [4.78, 5) is 0. The van der Waals surface area contributed by atoms with Gasteiger partial charge in [0.15, 0.2) is 0 Å². The molecule has 0 aliphatic heterocycles. The summed E-state index contributed by atoms with van der Waals surface area (Å²) in [6.45, 7) is 4.77. The van der Waals surface area contributed by atoms with E-state index in [-0.39, 0.29) is 5.41 Å². The minimum Gasteiger partial charge on any atom is -0.309 e. The molecule has 1 aliphatic rings. The second-order valence-electron chi connectivity index (χ2n) is 13.4. The molecule has 0 radical (unpaired) electrons. The van der Waals surface area contributed by atoms with E-state index in [1.165, 1.54) is 88.4 Å². The Kier molecular flexibility index (Phi) is 5.37. The number of nitrogens with zero attached hydrogens (tertiary/aromatic N) is 2. The van der Waals surface area contributed by atoms with Crippen LogP contribution in [-0.4, -0.2) is 9.13 Å². The SMILES string of the molecule is CC1(C)c2cc(-n3c4ccccc4c4cc(-c5ccccc5)ccc43)ccc2-c2c(-n3c4ccccc4c4ccccc43)cccc21. The molecule has 0 saturated carbocycles. The standard InChI is InChI=1S/C45H32N2/c1-45(2)37-18-12-22-43(47-40-20-10-6-15-32(40)33-16-7-11-21-41(33)47)44(37)35-25-24-31(28-38(35)45)46-39-19-9-8-17-34(39)36-27-30(23-26-42(36)46)29-13-4-3-5-14-29/h3-28H,1-2H3. The van der Waals surface area contributed by atoms with Crippen LogP contribution in [0.4, 0.5) is 0 Å². The van der Waals surface area contributed by atoms with Gasteiger partial charge in [-0.05, 0) is 76.3 Å².